The molecule has 116 valence electrons. The summed E-state index contributed by atoms with van der Waals surface area (Å²) in [6, 6.07) is 16.1. The number of amides is 1. The van der Waals surface area contributed by atoms with Gasteiger partial charge in [0.15, 0.2) is 5.76 Å². The van der Waals surface area contributed by atoms with Crippen molar-refractivity contribution in [3.8, 4) is 11.3 Å². The van der Waals surface area contributed by atoms with Crippen molar-refractivity contribution in [1.82, 2.24) is 0 Å². The summed E-state index contributed by atoms with van der Waals surface area (Å²) in [6.45, 7) is 1.99. The maximum absolute atomic E-state index is 12.2. The highest BCUT2D eigenvalue weighted by Crippen LogP contribution is 2.34. The van der Waals surface area contributed by atoms with E-state index in [-0.39, 0.29) is 11.7 Å². The van der Waals surface area contributed by atoms with E-state index in [0.717, 1.165) is 5.56 Å². The van der Waals surface area contributed by atoms with E-state index in [1.54, 1.807) is 30.3 Å². The monoisotopic (exact) mass is 345 g/mol. The molecule has 0 bridgehead atoms. The molecule has 0 fully saturated rings. The van der Waals surface area contributed by atoms with Crippen molar-refractivity contribution >= 4 is 34.8 Å². The Morgan fingerprint density at radius 1 is 1.00 bits per heavy atom. The van der Waals surface area contributed by atoms with Crippen LogP contribution in [-0.2, 0) is 0 Å². The van der Waals surface area contributed by atoms with Crippen molar-refractivity contribution in [3.05, 3.63) is 76.0 Å². The molecule has 0 aliphatic heterocycles. The van der Waals surface area contributed by atoms with Crippen molar-refractivity contribution in [1.29, 1.82) is 0 Å². The minimum absolute atomic E-state index is 0.205. The number of rotatable bonds is 3. The van der Waals surface area contributed by atoms with Crippen molar-refractivity contribution < 1.29 is 9.21 Å². The van der Waals surface area contributed by atoms with E-state index in [1.165, 1.54) is 0 Å². The number of hydrogen-bond acceptors (Lipinski definition) is 2. The van der Waals surface area contributed by atoms with Crippen molar-refractivity contribution in [2.75, 3.05) is 5.32 Å². The molecule has 23 heavy (non-hydrogen) atoms. The highest BCUT2D eigenvalue weighted by molar-refractivity contribution is 6.43. The zero-order chi connectivity index (χ0) is 16.4. The van der Waals surface area contributed by atoms with Crippen LogP contribution in [0.2, 0.25) is 10.0 Å². The van der Waals surface area contributed by atoms with Crippen LogP contribution in [0.5, 0.6) is 0 Å². The van der Waals surface area contributed by atoms with Gasteiger partial charge in [-0.25, -0.2) is 0 Å². The van der Waals surface area contributed by atoms with E-state index in [1.807, 2.05) is 31.2 Å². The molecule has 0 spiro atoms. The molecule has 0 atom stereocenters. The molecule has 0 saturated carbocycles. The Morgan fingerprint density at radius 2 is 1.74 bits per heavy atom. The van der Waals surface area contributed by atoms with Gasteiger partial charge in [-0.2, -0.15) is 0 Å². The average Bonchev–Trinajstić information content (AvgIpc) is 3.02. The molecule has 0 radical (unpaired) electrons. The molecule has 0 saturated heterocycles. The van der Waals surface area contributed by atoms with Crippen LogP contribution in [0.25, 0.3) is 11.3 Å². The van der Waals surface area contributed by atoms with Crippen LogP contribution >= 0.6 is 23.2 Å². The highest BCUT2D eigenvalue weighted by atomic mass is 35.5. The highest BCUT2D eigenvalue weighted by Gasteiger charge is 2.15. The van der Waals surface area contributed by atoms with Gasteiger partial charge in [-0.3, -0.25) is 4.79 Å². The zero-order valence-corrected chi connectivity index (χ0v) is 13.8. The van der Waals surface area contributed by atoms with E-state index in [4.69, 9.17) is 27.6 Å². The summed E-state index contributed by atoms with van der Waals surface area (Å²) < 4.78 is 5.61. The number of carbonyl (C=O) groups excluding carboxylic acids is 1. The maximum atomic E-state index is 12.2. The van der Waals surface area contributed by atoms with Crippen LogP contribution in [0.1, 0.15) is 16.1 Å². The largest absolute Gasteiger partial charge is 0.451 e. The lowest BCUT2D eigenvalue weighted by atomic mass is 10.2. The van der Waals surface area contributed by atoms with E-state index in [9.17, 15) is 4.79 Å². The van der Waals surface area contributed by atoms with Gasteiger partial charge in [-0.1, -0.05) is 47.0 Å². The molecule has 1 aromatic heterocycles. The second-order valence-electron chi connectivity index (χ2n) is 5.09. The summed E-state index contributed by atoms with van der Waals surface area (Å²) in [5, 5.41) is 3.62. The van der Waals surface area contributed by atoms with Gasteiger partial charge in [0, 0.05) is 11.3 Å². The van der Waals surface area contributed by atoms with Crippen molar-refractivity contribution in [2.24, 2.45) is 0 Å². The van der Waals surface area contributed by atoms with Gasteiger partial charge in [-0.05, 0) is 43.3 Å². The molecule has 3 aromatic rings. The third-order valence-corrected chi connectivity index (χ3v) is 4.18. The van der Waals surface area contributed by atoms with Gasteiger partial charge < -0.3 is 9.73 Å². The number of benzene rings is 2. The van der Waals surface area contributed by atoms with E-state index in [0.29, 0.717) is 27.1 Å². The quantitative estimate of drug-likeness (QED) is 0.650. The summed E-state index contributed by atoms with van der Waals surface area (Å²) >= 11 is 12.2. The molecule has 3 rings (SSSR count). The first-order chi connectivity index (χ1) is 11.0. The topological polar surface area (TPSA) is 42.2 Å². The second-order valence-corrected chi connectivity index (χ2v) is 5.87. The number of carbonyl (C=O) groups is 1. The predicted molar refractivity (Wildman–Crippen MR) is 93.3 cm³/mol. The van der Waals surface area contributed by atoms with Gasteiger partial charge in [0.2, 0.25) is 0 Å². The van der Waals surface area contributed by atoms with Gasteiger partial charge in [0.05, 0.1) is 10.0 Å². The lowest BCUT2D eigenvalue weighted by Gasteiger charge is -2.04. The number of nitrogens with one attached hydrogen (secondary N) is 1. The summed E-state index contributed by atoms with van der Waals surface area (Å²) in [5.74, 6) is 0.376. The Hall–Kier alpha value is -2.23. The molecule has 1 N–H and O–H groups in total. The molecular weight excluding hydrogens is 333 g/mol. The molecule has 1 heterocycles. The van der Waals surface area contributed by atoms with Gasteiger partial charge in [0.25, 0.3) is 5.91 Å². The summed E-state index contributed by atoms with van der Waals surface area (Å²) in [6.07, 6.45) is 0. The molecule has 3 nitrogen and oxygen atoms in total. The molecular formula is C18H13Cl2NO2. The van der Waals surface area contributed by atoms with Crippen molar-refractivity contribution in [2.45, 2.75) is 6.92 Å². The number of aryl methyl sites for hydroxylation is 1. The predicted octanol–water partition coefficient (Wildman–Crippen LogP) is 5.81. The molecule has 5 heteroatoms. The van der Waals surface area contributed by atoms with Crippen LogP contribution in [0, 0.1) is 6.92 Å². The lowest BCUT2D eigenvalue weighted by molar-refractivity contribution is 0.0997. The fourth-order valence-electron chi connectivity index (χ4n) is 2.13. The van der Waals surface area contributed by atoms with Crippen LogP contribution in [0.4, 0.5) is 5.69 Å². The van der Waals surface area contributed by atoms with E-state index >= 15 is 0 Å². The Labute approximate surface area is 143 Å². The average molecular weight is 346 g/mol. The van der Waals surface area contributed by atoms with Crippen LogP contribution in [-0.4, -0.2) is 5.91 Å². The van der Waals surface area contributed by atoms with E-state index in [2.05, 4.69) is 5.32 Å². The summed E-state index contributed by atoms with van der Waals surface area (Å²) in [5.41, 5.74) is 2.48. The third-order valence-electron chi connectivity index (χ3n) is 3.36. The molecule has 0 unspecified atom stereocenters. The first-order valence-electron chi connectivity index (χ1n) is 6.97. The zero-order valence-electron chi connectivity index (χ0n) is 12.3. The Balaban J connectivity index is 1.82. The second kappa shape index (κ2) is 6.49. The van der Waals surface area contributed by atoms with E-state index < -0.39 is 0 Å². The first-order valence-corrected chi connectivity index (χ1v) is 7.72. The SMILES string of the molecule is Cc1ccc(NC(=O)c2ccc(-c3cccc(Cl)c3Cl)o2)cc1. The third kappa shape index (κ3) is 3.41. The number of halogens is 2. The minimum atomic E-state index is -0.321. The standard InChI is InChI=1S/C18H13Cl2NO2/c1-11-5-7-12(8-6-11)21-18(22)16-10-9-15(23-16)13-3-2-4-14(19)17(13)20/h2-10H,1H3,(H,21,22). The molecule has 0 aliphatic rings. The Morgan fingerprint density at radius 3 is 2.48 bits per heavy atom. The molecule has 2 aromatic carbocycles. The normalized spacial score (nSPS) is 10.6. The van der Waals surface area contributed by atoms with Crippen LogP contribution < -0.4 is 5.32 Å². The smallest absolute Gasteiger partial charge is 0.291 e. The van der Waals surface area contributed by atoms with Crippen LogP contribution in [0.3, 0.4) is 0 Å². The summed E-state index contributed by atoms with van der Waals surface area (Å²) in [7, 11) is 0. The van der Waals surface area contributed by atoms with Gasteiger partial charge >= 0.3 is 0 Å². The fraction of sp³-hybridized carbons (Fsp3) is 0.0556. The molecule has 0 aliphatic carbocycles. The first kappa shape index (κ1) is 15.7. The fourth-order valence-corrected chi connectivity index (χ4v) is 2.52. The number of hydrogen-bond donors (Lipinski definition) is 1. The molecule has 1 amide bonds. The summed E-state index contributed by atoms with van der Waals surface area (Å²) in [4.78, 5) is 12.2. The Kier molecular flexibility index (Phi) is 4.42. The van der Waals surface area contributed by atoms with Gasteiger partial charge in [-0.15, -0.1) is 0 Å². The van der Waals surface area contributed by atoms with Crippen molar-refractivity contribution in [3.63, 3.8) is 0 Å². The minimum Gasteiger partial charge on any atom is -0.451 e. The van der Waals surface area contributed by atoms with Crippen LogP contribution in [0.15, 0.2) is 59.0 Å². The number of anilines is 1. The Bertz CT molecular complexity index is 854. The van der Waals surface area contributed by atoms with Gasteiger partial charge in [0.1, 0.15) is 5.76 Å². The maximum Gasteiger partial charge on any atom is 0.291 e. The lowest BCUT2D eigenvalue weighted by Crippen LogP contribution is -2.10. The number of furan rings is 1.